The minimum Gasteiger partial charge on any atom is -0.362 e. The maximum absolute atomic E-state index is 12.7. The Balaban J connectivity index is 1.78. The van der Waals surface area contributed by atoms with E-state index in [2.05, 4.69) is 15.7 Å². The predicted molar refractivity (Wildman–Crippen MR) is 92.0 cm³/mol. The molecule has 1 heterocycles. The van der Waals surface area contributed by atoms with Gasteiger partial charge in [-0.1, -0.05) is 6.07 Å². The zero-order chi connectivity index (χ0) is 17.7. The van der Waals surface area contributed by atoms with Crippen LogP contribution in [0.25, 0.3) is 0 Å². The van der Waals surface area contributed by atoms with E-state index >= 15 is 0 Å². The molecule has 130 valence electrons. The number of benzene rings is 1. The molecule has 0 bridgehead atoms. The summed E-state index contributed by atoms with van der Waals surface area (Å²) < 4.78 is 39.9. The Bertz CT molecular complexity index is 710. The lowest BCUT2D eigenvalue weighted by Gasteiger charge is -2.13. The minimum absolute atomic E-state index is 0.294. The fourth-order valence-electron chi connectivity index (χ4n) is 2.28. The van der Waals surface area contributed by atoms with Crippen LogP contribution in [0, 0.1) is 13.8 Å². The van der Waals surface area contributed by atoms with Crippen molar-refractivity contribution in [3.8, 4) is 0 Å². The lowest BCUT2D eigenvalue weighted by Crippen LogP contribution is -2.30. The molecule has 0 saturated carbocycles. The van der Waals surface area contributed by atoms with Crippen LogP contribution in [-0.4, -0.2) is 21.4 Å². The predicted octanol–water partition coefficient (Wildman–Crippen LogP) is 3.90. The Labute approximate surface area is 144 Å². The van der Waals surface area contributed by atoms with Crippen LogP contribution in [-0.2, 0) is 12.7 Å². The Morgan fingerprint density at radius 2 is 2.00 bits per heavy atom. The molecule has 2 aromatic rings. The molecule has 0 aliphatic carbocycles. The van der Waals surface area contributed by atoms with Crippen LogP contribution in [0.5, 0.6) is 0 Å². The molecule has 0 saturated heterocycles. The Morgan fingerprint density at radius 1 is 1.25 bits per heavy atom. The van der Waals surface area contributed by atoms with E-state index in [0.717, 1.165) is 36.5 Å². The summed E-state index contributed by atoms with van der Waals surface area (Å²) in [5, 5.41) is 10.4. The van der Waals surface area contributed by atoms with Gasteiger partial charge in [0.2, 0.25) is 0 Å². The van der Waals surface area contributed by atoms with Gasteiger partial charge in [-0.15, -0.1) is 0 Å². The standard InChI is InChI=1S/C16H19F3N4S/c1-11-9-12(2)23(22-11)8-4-7-20-15(24)21-14-6-3-5-13(10-14)16(17,18)19/h3,5-6,9-10H,4,7-8H2,1-2H3,(H2,20,21,24). The second-order valence-corrected chi connectivity index (χ2v) is 5.87. The minimum atomic E-state index is -4.37. The molecule has 0 unspecified atom stereocenters. The van der Waals surface area contributed by atoms with Crippen LogP contribution >= 0.6 is 12.2 Å². The Kier molecular flexibility index (Phi) is 5.82. The van der Waals surface area contributed by atoms with Crippen LogP contribution in [0.1, 0.15) is 23.4 Å². The summed E-state index contributed by atoms with van der Waals surface area (Å²) in [6.45, 7) is 5.28. The summed E-state index contributed by atoms with van der Waals surface area (Å²) in [6, 6.07) is 6.95. The number of anilines is 1. The zero-order valence-electron chi connectivity index (χ0n) is 13.4. The maximum Gasteiger partial charge on any atom is 0.416 e. The molecule has 0 atom stereocenters. The van der Waals surface area contributed by atoms with Crippen molar-refractivity contribution in [3.63, 3.8) is 0 Å². The summed E-state index contributed by atoms with van der Waals surface area (Å²) in [4.78, 5) is 0. The summed E-state index contributed by atoms with van der Waals surface area (Å²) >= 11 is 5.11. The van der Waals surface area contributed by atoms with Gasteiger partial charge in [0.25, 0.3) is 0 Å². The van der Waals surface area contributed by atoms with E-state index in [1.54, 1.807) is 6.07 Å². The molecule has 24 heavy (non-hydrogen) atoms. The Hall–Kier alpha value is -2.09. The maximum atomic E-state index is 12.7. The monoisotopic (exact) mass is 356 g/mol. The number of nitrogens with one attached hydrogen (secondary N) is 2. The van der Waals surface area contributed by atoms with Gasteiger partial charge in [-0.25, -0.2) is 0 Å². The molecule has 1 aromatic heterocycles. The van der Waals surface area contributed by atoms with Crippen LogP contribution in [0.15, 0.2) is 30.3 Å². The first-order valence-corrected chi connectivity index (χ1v) is 7.90. The highest BCUT2D eigenvalue weighted by Crippen LogP contribution is 2.30. The van der Waals surface area contributed by atoms with Gasteiger partial charge in [-0.2, -0.15) is 18.3 Å². The number of aryl methyl sites for hydroxylation is 3. The van der Waals surface area contributed by atoms with Crippen molar-refractivity contribution in [1.29, 1.82) is 0 Å². The van der Waals surface area contributed by atoms with Crippen LogP contribution in [0.2, 0.25) is 0 Å². The first-order valence-electron chi connectivity index (χ1n) is 7.49. The molecule has 2 N–H and O–H groups in total. The summed E-state index contributed by atoms with van der Waals surface area (Å²) in [5.41, 5.74) is 1.67. The smallest absolute Gasteiger partial charge is 0.362 e. The largest absolute Gasteiger partial charge is 0.416 e. The Morgan fingerprint density at radius 3 is 2.62 bits per heavy atom. The van der Waals surface area contributed by atoms with E-state index < -0.39 is 11.7 Å². The van der Waals surface area contributed by atoms with Crippen molar-refractivity contribution >= 4 is 23.0 Å². The number of halogens is 3. The quantitative estimate of drug-likeness (QED) is 0.630. The van der Waals surface area contributed by atoms with E-state index in [0.29, 0.717) is 17.3 Å². The molecule has 0 radical (unpaired) electrons. The van der Waals surface area contributed by atoms with Crippen molar-refractivity contribution in [2.24, 2.45) is 0 Å². The number of rotatable bonds is 5. The van der Waals surface area contributed by atoms with Crippen molar-refractivity contribution in [2.75, 3.05) is 11.9 Å². The highest BCUT2D eigenvalue weighted by molar-refractivity contribution is 7.80. The zero-order valence-corrected chi connectivity index (χ0v) is 14.3. The highest BCUT2D eigenvalue weighted by atomic mass is 32.1. The fourth-order valence-corrected chi connectivity index (χ4v) is 2.50. The van der Waals surface area contributed by atoms with Gasteiger partial charge in [-0.3, -0.25) is 4.68 Å². The van der Waals surface area contributed by atoms with Crippen molar-refractivity contribution in [3.05, 3.63) is 47.3 Å². The topological polar surface area (TPSA) is 41.9 Å². The van der Waals surface area contributed by atoms with Crippen LogP contribution < -0.4 is 10.6 Å². The third kappa shape index (κ3) is 5.23. The molecule has 4 nitrogen and oxygen atoms in total. The van der Waals surface area contributed by atoms with E-state index in [-0.39, 0.29) is 0 Å². The van der Waals surface area contributed by atoms with E-state index in [1.165, 1.54) is 6.07 Å². The first-order chi connectivity index (χ1) is 11.3. The van der Waals surface area contributed by atoms with Gasteiger partial charge in [0.05, 0.1) is 11.3 Å². The van der Waals surface area contributed by atoms with Gasteiger partial charge >= 0.3 is 6.18 Å². The van der Waals surface area contributed by atoms with Crippen molar-refractivity contribution in [2.45, 2.75) is 33.0 Å². The van der Waals surface area contributed by atoms with E-state index in [9.17, 15) is 13.2 Å². The molecule has 0 spiro atoms. The molecule has 0 amide bonds. The van der Waals surface area contributed by atoms with E-state index in [4.69, 9.17) is 12.2 Å². The normalized spacial score (nSPS) is 11.4. The molecular formula is C16H19F3N4S. The summed E-state index contributed by atoms with van der Waals surface area (Å²) in [5.74, 6) is 0. The number of hydrogen-bond acceptors (Lipinski definition) is 2. The molecular weight excluding hydrogens is 337 g/mol. The number of alkyl halides is 3. The summed E-state index contributed by atoms with van der Waals surface area (Å²) in [7, 11) is 0. The van der Waals surface area contributed by atoms with Gasteiger partial charge < -0.3 is 10.6 Å². The lowest BCUT2D eigenvalue weighted by atomic mass is 10.2. The molecule has 2 rings (SSSR count). The third-order valence-corrected chi connectivity index (χ3v) is 3.63. The van der Waals surface area contributed by atoms with Gasteiger partial charge in [0.15, 0.2) is 5.11 Å². The molecule has 0 aliphatic heterocycles. The number of hydrogen-bond donors (Lipinski definition) is 2. The summed E-state index contributed by atoms with van der Waals surface area (Å²) in [6.07, 6.45) is -3.57. The van der Waals surface area contributed by atoms with Crippen LogP contribution in [0.4, 0.5) is 18.9 Å². The first kappa shape index (κ1) is 18.3. The average molecular weight is 356 g/mol. The van der Waals surface area contributed by atoms with Crippen molar-refractivity contribution < 1.29 is 13.2 Å². The second kappa shape index (κ2) is 7.65. The van der Waals surface area contributed by atoms with E-state index in [1.807, 2.05) is 24.6 Å². The highest BCUT2D eigenvalue weighted by Gasteiger charge is 2.30. The second-order valence-electron chi connectivity index (χ2n) is 5.46. The van der Waals surface area contributed by atoms with Gasteiger partial charge in [-0.05, 0) is 56.8 Å². The molecule has 0 fully saturated rings. The average Bonchev–Trinajstić information content (AvgIpc) is 2.81. The SMILES string of the molecule is Cc1cc(C)n(CCCNC(=S)Nc2cccc(C(F)(F)F)c2)n1. The third-order valence-electron chi connectivity index (χ3n) is 3.38. The lowest BCUT2D eigenvalue weighted by molar-refractivity contribution is -0.137. The van der Waals surface area contributed by atoms with Gasteiger partial charge in [0.1, 0.15) is 0 Å². The van der Waals surface area contributed by atoms with Crippen molar-refractivity contribution in [1.82, 2.24) is 15.1 Å². The molecule has 0 aliphatic rings. The number of thiocarbonyl (C=S) groups is 1. The van der Waals surface area contributed by atoms with Gasteiger partial charge in [0, 0.05) is 24.5 Å². The van der Waals surface area contributed by atoms with Crippen LogP contribution in [0.3, 0.4) is 0 Å². The number of aromatic nitrogens is 2. The fraction of sp³-hybridized carbons (Fsp3) is 0.375. The molecule has 1 aromatic carbocycles. The number of nitrogens with zero attached hydrogens (tertiary/aromatic N) is 2. The molecule has 8 heteroatoms.